The van der Waals surface area contributed by atoms with Gasteiger partial charge in [0.05, 0.1) is 18.4 Å². The first-order valence-corrected chi connectivity index (χ1v) is 8.94. The molecule has 136 valence electrons. The number of hydrogen-bond donors (Lipinski definition) is 0. The molecule has 1 aliphatic heterocycles. The molecule has 0 amide bonds. The van der Waals surface area contributed by atoms with Gasteiger partial charge in [0.25, 0.3) is 0 Å². The molecular weight excluding hydrogens is 373 g/mol. The number of oxime groups is 1. The summed E-state index contributed by atoms with van der Waals surface area (Å²) in [5.41, 5.74) is 3.25. The Hall–Kier alpha value is -2.04. The van der Waals surface area contributed by atoms with E-state index in [1.54, 1.807) is 12.1 Å². The monoisotopic (exact) mass is 391 g/mol. The highest BCUT2D eigenvalue weighted by Crippen LogP contribution is 2.42. The molecule has 3 rings (SSSR count). The molecule has 0 radical (unpaired) electrons. The average molecular weight is 392 g/mol. The minimum Gasteiger partial charge on any atom is -0.465 e. The van der Waals surface area contributed by atoms with Crippen LogP contribution >= 0.6 is 23.2 Å². The van der Waals surface area contributed by atoms with E-state index in [2.05, 4.69) is 5.16 Å². The second kappa shape index (κ2) is 6.93. The second-order valence-corrected chi connectivity index (χ2v) is 7.45. The van der Waals surface area contributed by atoms with Gasteiger partial charge in [-0.05, 0) is 49.7 Å². The summed E-state index contributed by atoms with van der Waals surface area (Å²) in [7, 11) is 1.37. The summed E-state index contributed by atoms with van der Waals surface area (Å²) in [6.45, 7) is 5.88. The van der Waals surface area contributed by atoms with Gasteiger partial charge in [-0.2, -0.15) is 0 Å². The first-order chi connectivity index (χ1) is 12.3. The van der Waals surface area contributed by atoms with Gasteiger partial charge in [-0.15, -0.1) is 0 Å². The SMILES string of the molecule is COC(=O)c1ccc(C2=NOC(C)(c3cc(Cl)cc(Cl)c3)C2C)cc1C. The van der Waals surface area contributed by atoms with Crippen molar-refractivity contribution in [2.24, 2.45) is 11.1 Å². The molecule has 0 fully saturated rings. The van der Waals surface area contributed by atoms with Gasteiger partial charge in [-0.25, -0.2) is 4.79 Å². The largest absolute Gasteiger partial charge is 0.465 e. The Bertz CT molecular complexity index is 890. The molecule has 26 heavy (non-hydrogen) atoms. The van der Waals surface area contributed by atoms with E-state index in [1.807, 2.05) is 45.0 Å². The molecule has 2 atom stereocenters. The number of carbonyl (C=O) groups is 1. The Morgan fingerprint density at radius 2 is 1.85 bits per heavy atom. The predicted octanol–water partition coefficient (Wildman–Crippen LogP) is 5.37. The highest BCUT2D eigenvalue weighted by molar-refractivity contribution is 6.34. The molecule has 1 heterocycles. The number of aryl methyl sites for hydroxylation is 1. The first kappa shape index (κ1) is 18.7. The zero-order chi connectivity index (χ0) is 19.1. The molecule has 2 unspecified atom stereocenters. The molecule has 6 heteroatoms. The highest BCUT2D eigenvalue weighted by Gasteiger charge is 2.44. The van der Waals surface area contributed by atoms with E-state index >= 15 is 0 Å². The molecule has 0 aliphatic carbocycles. The van der Waals surface area contributed by atoms with Gasteiger partial charge < -0.3 is 9.57 Å². The summed E-state index contributed by atoms with van der Waals surface area (Å²) >= 11 is 12.3. The Morgan fingerprint density at radius 3 is 2.42 bits per heavy atom. The van der Waals surface area contributed by atoms with Crippen LogP contribution in [0.1, 0.15) is 40.9 Å². The number of ether oxygens (including phenoxy) is 1. The van der Waals surface area contributed by atoms with Crippen molar-refractivity contribution in [3.63, 3.8) is 0 Å². The van der Waals surface area contributed by atoms with Gasteiger partial charge in [0, 0.05) is 27.1 Å². The van der Waals surface area contributed by atoms with Gasteiger partial charge in [0.15, 0.2) is 5.60 Å². The molecular formula is C20H19Cl2NO3. The average Bonchev–Trinajstić information content (AvgIpc) is 2.90. The summed E-state index contributed by atoms with van der Waals surface area (Å²) < 4.78 is 4.80. The normalized spacial score (nSPS) is 21.9. The summed E-state index contributed by atoms with van der Waals surface area (Å²) in [5.74, 6) is -0.398. The first-order valence-electron chi connectivity index (χ1n) is 8.18. The van der Waals surface area contributed by atoms with Crippen molar-refractivity contribution in [2.75, 3.05) is 7.11 Å². The van der Waals surface area contributed by atoms with Gasteiger partial charge >= 0.3 is 5.97 Å². The molecule has 2 aromatic rings. The lowest BCUT2D eigenvalue weighted by Crippen LogP contribution is -2.31. The number of hydrogen-bond acceptors (Lipinski definition) is 4. The maximum atomic E-state index is 11.8. The predicted molar refractivity (Wildman–Crippen MR) is 103 cm³/mol. The smallest absolute Gasteiger partial charge is 0.338 e. The molecule has 0 saturated heterocycles. The van der Waals surface area contributed by atoms with Gasteiger partial charge in [0.2, 0.25) is 0 Å². The van der Waals surface area contributed by atoms with Crippen LogP contribution in [0, 0.1) is 12.8 Å². The Morgan fingerprint density at radius 1 is 1.19 bits per heavy atom. The lowest BCUT2D eigenvalue weighted by molar-refractivity contribution is -0.0308. The summed E-state index contributed by atoms with van der Waals surface area (Å²) in [4.78, 5) is 17.6. The number of halogens is 2. The maximum absolute atomic E-state index is 11.8. The fourth-order valence-electron chi connectivity index (χ4n) is 3.17. The Kier molecular flexibility index (Phi) is 5.00. The molecule has 0 saturated carbocycles. The van der Waals surface area contributed by atoms with Crippen LogP contribution in [0.25, 0.3) is 0 Å². The Labute approximate surface area is 162 Å². The number of methoxy groups -OCH3 is 1. The van der Waals surface area contributed by atoms with E-state index < -0.39 is 5.60 Å². The van der Waals surface area contributed by atoms with Crippen molar-refractivity contribution in [3.8, 4) is 0 Å². The van der Waals surface area contributed by atoms with E-state index in [9.17, 15) is 4.79 Å². The molecule has 0 spiro atoms. The van der Waals surface area contributed by atoms with Crippen LogP contribution in [0.3, 0.4) is 0 Å². The fraction of sp³-hybridized carbons (Fsp3) is 0.300. The summed E-state index contributed by atoms with van der Waals surface area (Å²) in [5, 5.41) is 5.43. The quantitative estimate of drug-likeness (QED) is 0.660. The number of rotatable bonds is 3. The Balaban J connectivity index is 1.95. The topological polar surface area (TPSA) is 47.9 Å². The molecule has 0 N–H and O–H groups in total. The highest BCUT2D eigenvalue weighted by atomic mass is 35.5. The van der Waals surface area contributed by atoms with E-state index in [-0.39, 0.29) is 11.9 Å². The number of carbonyl (C=O) groups excluding carboxylic acids is 1. The lowest BCUT2D eigenvalue weighted by atomic mass is 9.80. The molecule has 2 aromatic carbocycles. The van der Waals surface area contributed by atoms with E-state index in [4.69, 9.17) is 32.8 Å². The third kappa shape index (κ3) is 3.19. The van der Waals surface area contributed by atoms with Crippen molar-refractivity contribution in [2.45, 2.75) is 26.4 Å². The van der Waals surface area contributed by atoms with Crippen LogP contribution in [0.15, 0.2) is 41.6 Å². The third-order valence-corrected chi connectivity index (χ3v) is 5.37. The van der Waals surface area contributed by atoms with E-state index in [1.165, 1.54) is 7.11 Å². The molecule has 4 nitrogen and oxygen atoms in total. The van der Waals surface area contributed by atoms with E-state index in [0.29, 0.717) is 15.6 Å². The zero-order valence-corrected chi connectivity index (χ0v) is 16.5. The fourth-order valence-corrected chi connectivity index (χ4v) is 3.70. The van der Waals surface area contributed by atoms with Crippen LogP contribution < -0.4 is 0 Å². The summed E-state index contributed by atoms with van der Waals surface area (Å²) in [6.07, 6.45) is 0. The van der Waals surface area contributed by atoms with Crippen molar-refractivity contribution in [3.05, 3.63) is 68.7 Å². The van der Waals surface area contributed by atoms with Crippen molar-refractivity contribution in [1.29, 1.82) is 0 Å². The second-order valence-electron chi connectivity index (χ2n) is 6.58. The van der Waals surface area contributed by atoms with Crippen LogP contribution in [-0.2, 0) is 15.2 Å². The number of benzene rings is 2. The number of esters is 1. The van der Waals surface area contributed by atoms with Crippen LogP contribution in [0.5, 0.6) is 0 Å². The van der Waals surface area contributed by atoms with Crippen molar-refractivity contribution < 1.29 is 14.4 Å². The van der Waals surface area contributed by atoms with Crippen LogP contribution in [-0.4, -0.2) is 18.8 Å². The minimum atomic E-state index is -0.682. The molecule has 0 bridgehead atoms. The standard InChI is InChI=1S/C20H19Cl2NO3/c1-11-7-13(5-6-17(11)19(24)25-4)18-12(2)20(3,26-23-18)14-8-15(21)10-16(22)9-14/h5-10,12H,1-4H3. The zero-order valence-electron chi connectivity index (χ0n) is 15.0. The van der Waals surface area contributed by atoms with Crippen molar-refractivity contribution in [1.82, 2.24) is 0 Å². The minimum absolute atomic E-state index is 0.0413. The lowest BCUT2D eigenvalue weighted by Gasteiger charge is -2.28. The summed E-state index contributed by atoms with van der Waals surface area (Å²) in [6, 6.07) is 10.9. The number of nitrogens with zero attached hydrogens (tertiary/aromatic N) is 1. The molecule has 0 aromatic heterocycles. The van der Waals surface area contributed by atoms with E-state index in [0.717, 1.165) is 22.4 Å². The van der Waals surface area contributed by atoms with Gasteiger partial charge in [0.1, 0.15) is 0 Å². The maximum Gasteiger partial charge on any atom is 0.338 e. The molecule has 1 aliphatic rings. The third-order valence-electron chi connectivity index (χ3n) is 4.93. The van der Waals surface area contributed by atoms with Gasteiger partial charge in [-0.3, -0.25) is 0 Å². The van der Waals surface area contributed by atoms with Gasteiger partial charge in [-0.1, -0.05) is 41.3 Å². The van der Waals surface area contributed by atoms with Crippen LogP contribution in [0.2, 0.25) is 10.0 Å². The van der Waals surface area contributed by atoms with Crippen molar-refractivity contribution >= 4 is 34.9 Å². The van der Waals surface area contributed by atoms with Crippen LogP contribution in [0.4, 0.5) is 0 Å².